The molecule has 0 radical (unpaired) electrons. The van der Waals surface area contributed by atoms with E-state index in [1.807, 2.05) is 67.6 Å². The van der Waals surface area contributed by atoms with Gasteiger partial charge < -0.3 is 14.5 Å². The summed E-state index contributed by atoms with van der Waals surface area (Å²) in [5, 5.41) is 8.13. The molecule has 1 amide bonds. The first-order chi connectivity index (χ1) is 17.8. The Labute approximate surface area is 221 Å². The number of furan rings is 1. The summed E-state index contributed by atoms with van der Waals surface area (Å²) in [6, 6.07) is 24.3. The molecule has 0 saturated carbocycles. The Hall–Kier alpha value is -4.03. The van der Waals surface area contributed by atoms with Crippen LogP contribution < -0.4 is 15.5 Å². The summed E-state index contributed by atoms with van der Waals surface area (Å²) in [5.41, 5.74) is 6.94. The average molecular weight is 514 g/mol. The molecule has 0 spiro atoms. The maximum atomic E-state index is 13.5. The molecule has 188 valence electrons. The van der Waals surface area contributed by atoms with E-state index in [0.717, 1.165) is 34.7 Å². The fourth-order valence-electron chi connectivity index (χ4n) is 4.55. The highest BCUT2D eigenvalue weighted by molar-refractivity contribution is 6.31. The smallest absolute Gasteiger partial charge is 0.291 e. The van der Waals surface area contributed by atoms with Gasteiger partial charge in [-0.15, -0.1) is 0 Å². The Morgan fingerprint density at radius 2 is 1.70 bits per heavy atom. The van der Waals surface area contributed by atoms with E-state index in [-0.39, 0.29) is 17.1 Å². The molecule has 3 aromatic carbocycles. The van der Waals surface area contributed by atoms with E-state index < -0.39 is 0 Å². The summed E-state index contributed by atoms with van der Waals surface area (Å²) < 4.78 is 12.2. The summed E-state index contributed by atoms with van der Waals surface area (Å²) in [4.78, 5) is 13.5. The van der Waals surface area contributed by atoms with E-state index in [4.69, 9.17) is 25.9 Å². The van der Waals surface area contributed by atoms with Gasteiger partial charge in [0, 0.05) is 22.6 Å². The summed E-state index contributed by atoms with van der Waals surface area (Å²) in [7, 11) is 0. The summed E-state index contributed by atoms with van der Waals surface area (Å²) in [5.74, 6) is 1.77. The van der Waals surface area contributed by atoms with E-state index in [9.17, 15) is 4.79 Å². The van der Waals surface area contributed by atoms with Crippen molar-refractivity contribution in [2.75, 3.05) is 10.7 Å². The number of para-hydroxylation sites is 2. The number of hydrogen-bond donors (Lipinski definition) is 2. The summed E-state index contributed by atoms with van der Waals surface area (Å²) in [6.45, 7) is 6.24. The molecule has 1 aliphatic carbocycles. The molecule has 37 heavy (non-hydrogen) atoms. The first-order valence-electron chi connectivity index (χ1n) is 12.1. The van der Waals surface area contributed by atoms with Crippen molar-refractivity contribution in [1.29, 1.82) is 0 Å². The Kier molecular flexibility index (Phi) is 6.76. The second-order valence-electron chi connectivity index (χ2n) is 9.92. The molecule has 5 rings (SSSR count). The van der Waals surface area contributed by atoms with E-state index in [1.54, 1.807) is 18.2 Å². The summed E-state index contributed by atoms with van der Waals surface area (Å²) >= 11 is 6.25. The van der Waals surface area contributed by atoms with Crippen molar-refractivity contribution >= 4 is 34.6 Å². The quantitative estimate of drug-likeness (QED) is 0.255. The van der Waals surface area contributed by atoms with Crippen LogP contribution in [-0.4, -0.2) is 11.6 Å². The fraction of sp³-hybridized carbons (Fsp3) is 0.200. The monoisotopic (exact) mass is 513 g/mol. The minimum absolute atomic E-state index is 0.0636. The number of fused-ring (bicyclic) bond motifs is 1. The number of benzene rings is 3. The number of carbonyl (C=O) groups excluding carboxylic acids is 1. The zero-order valence-corrected chi connectivity index (χ0v) is 21.7. The molecular weight excluding hydrogens is 486 g/mol. The molecule has 2 N–H and O–H groups in total. The van der Waals surface area contributed by atoms with Gasteiger partial charge in [-0.05, 0) is 61.2 Å². The second-order valence-corrected chi connectivity index (χ2v) is 10.4. The van der Waals surface area contributed by atoms with Crippen molar-refractivity contribution in [3.63, 3.8) is 0 Å². The minimum atomic E-state index is -0.375. The number of nitrogens with one attached hydrogen (secondary N) is 2. The molecule has 1 aromatic heterocycles. The topological polar surface area (TPSA) is 75.9 Å². The Morgan fingerprint density at radius 3 is 2.43 bits per heavy atom. The molecule has 4 aromatic rings. The first-order valence-corrected chi connectivity index (χ1v) is 12.5. The maximum Gasteiger partial charge on any atom is 0.291 e. The van der Waals surface area contributed by atoms with E-state index in [2.05, 4.69) is 24.6 Å². The fourth-order valence-corrected chi connectivity index (χ4v) is 4.73. The lowest BCUT2D eigenvalue weighted by atomic mass is 9.75. The van der Waals surface area contributed by atoms with Gasteiger partial charge in [0.25, 0.3) is 5.91 Å². The first kappa shape index (κ1) is 24.7. The van der Waals surface area contributed by atoms with E-state index in [1.165, 1.54) is 0 Å². The Balaban J connectivity index is 1.45. The van der Waals surface area contributed by atoms with Crippen molar-refractivity contribution in [1.82, 2.24) is 0 Å². The standard InChI is InChI=1S/C30H28ClN3O3/c1-19-27-24(34-33-21-10-6-4-7-11-21)17-30(2,3)18-26(27)37-28(19)29(35)32-23-16-20(31)14-15-25(23)36-22-12-8-5-9-13-22/h4-16,33H,17-18H2,1-3H3,(H,32,35)/b34-24-. The molecule has 0 saturated heterocycles. The number of amides is 1. The van der Waals surface area contributed by atoms with Gasteiger partial charge in [-0.25, -0.2) is 0 Å². The third-order valence-electron chi connectivity index (χ3n) is 6.25. The molecule has 0 aliphatic heterocycles. The van der Waals surface area contributed by atoms with Crippen LogP contribution in [0.5, 0.6) is 11.5 Å². The van der Waals surface area contributed by atoms with E-state index >= 15 is 0 Å². The van der Waals surface area contributed by atoms with Gasteiger partial charge in [0.1, 0.15) is 11.5 Å². The molecule has 1 heterocycles. The average Bonchev–Trinajstić information content (AvgIpc) is 3.20. The van der Waals surface area contributed by atoms with Crippen molar-refractivity contribution < 1.29 is 13.9 Å². The molecule has 0 atom stereocenters. The highest BCUT2D eigenvalue weighted by atomic mass is 35.5. The van der Waals surface area contributed by atoms with Crippen molar-refractivity contribution in [3.05, 3.63) is 107 Å². The lowest BCUT2D eigenvalue weighted by Gasteiger charge is -2.29. The van der Waals surface area contributed by atoms with Crippen LogP contribution in [0.4, 0.5) is 11.4 Å². The van der Waals surface area contributed by atoms with Crippen LogP contribution in [-0.2, 0) is 6.42 Å². The minimum Gasteiger partial charge on any atom is -0.455 e. The van der Waals surface area contributed by atoms with Gasteiger partial charge in [0.15, 0.2) is 11.5 Å². The third-order valence-corrected chi connectivity index (χ3v) is 6.49. The van der Waals surface area contributed by atoms with Crippen LogP contribution in [0, 0.1) is 12.3 Å². The summed E-state index contributed by atoms with van der Waals surface area (Å²) in [6.07, 6.45) is 1.46. The second kappa shape index (κ2) is 10.1. The van der Waals surface area contributed by atoms with Gasteiger partial charge in [-0.2, -0.15) is 5.10 Å². The predicted molar refractivity (Wildman–Crippen MR) is 148 cm³/mol. The third kappa shape index (κ3) is 5.54. The van der Waals surface area contributed by atoms with Gasteiger partial charge in [-0.1, -0.05) is 61.8 Å². The highest BCUT2D eigenvalue weighted by Gasteiger charge is 2.36. The van der Waals surface area contributed by atoms with Crippen molar-refractivity contribution in [2.24, 2.45) is 10.5 Å². The van der Waals surface area contributed by atoms with Crippen molar-refractivity contribution in [2.45, 2.75) is 33.6 Å². The number of rotatable bonds is 6. The van der Waals surface area contributed by atoms with Crippen LogP contribution >= 0.6 is 11.6 Å². The van der Waals surface area contributed by atoms with Crippen LogP contribution in [0.15, 0.2) is 88.4 Å². The molecule has 0 fully saturated rings. The van der Waals surface area contributed by atoms with Crippen LogP contribution in [0.2, 0.25) is 5.02 Å². The molecule has 7 heteroatoms. The SMILES string of the molecule is Cc1c(C(=O)Nc2cc(Cl)ccc2Oc2ccccc2)oc2c1/C(=N\Nc1ccccc1)CC(C)(C)C2. The lowest BCUT2D eigenvalue weighted by molar-refractivity contribution is 0.0992. The number of halogens is 1. The van der Waals surface area contributed by atoms with Crippen LogP contribution in [0.3, 0.4) is 0 Å². The van der Waals surface area contributed by atoms with Gasteiger partial charge in [-0.3, -0.25) is 10.2 Å². The Morgan fingerprint density at radius 1 is 1.00 bits per heavy atom. The van der Waals surface area contributed by atoms with Crippen molar-refractivity contribution in [3.8, 4) is 11.5 Å². The number of hydrazone groups is 1. The molecule has 6 nitrogen and oxygen atoms in total. The van der Waals surface area contributed by atoms with E-state index in [0.29, 0.717) is 28.6 Å². The van der Waals surface area contributed by atoms with Crippen LogP contribution in [0.1, 0.15) is 47.7 Å². The number of anilines is 2. The zero-order chi connectivity index (χ0) is 26.0. The van der Waals surface area contributed by atoms with Gasteiger partial charge >= 0.3 is 0 Å². The highest BCUT2D eigenvalue weighted by Crippen LogP contribution is 2.39. The number of carbonyl (C=O) groups is 1. The lowest BCUT2D eigenvalue weighted by Crippen LogP contribution is -2.27. The van der Waals surface area contributed by atoms with Crippen LogP contribution in [0.25, 0.3) is 0 Å². The normalized spacial score (nSPS) is 15.2. The predicted octanol–water partition coefficient (Wildman–Crippen LogP) is 8.07. The zero-order valence-electron chi connectivity index (χ0n) is 21.0. The van der Waals surface area contributed by atoms with Gasteiger partial charge in [0.05, 0.1) is 17.1 Å². The molecule has 1 aliphatic rings. The molecule has 0 unspecified atom stereocenters. The number of hydrogen-bond acceptors (Lipinski definition) is 5. The largest absolute Gasteiger partial charge is 0.455 e. The molecular formula is C30H28ClN3O3. The number of nitrogens with zero attached hydrogens (tertiary/aromatic N) is 1. The molecule has 0 bridgehead atoms. The Bertz CT molecular complexity index is 1460. The van der Waals surface area contributed by atoms with Gasteiger partial charge in [0.2, 0.25) is 0 Å². The number of ether oxygens (including phenoxy) is 1. The maximum absolute atomic E-state index is 13.5.